The first-order valence-corrected chi connectivity index (χ1v) is 15.4. The highest BCUT2D eigenvalue weighted by Crippen LogP contribution is 2.50. The van der Waals surface area contributed by atoms with Gasteiger partial charge in [-0.2, -0.15) is 15.1 Å². The van der Waals surface area contributed by atoms with E-state index in [1.165, 1.54) is 19.1 Å². The molecular weight excluding hydrogens is 610 g/mol. The molecule has 3 heterocycles. The van der Waals surface area contributed by atoms with Crippen molar-refractivity contribution in [3.05, 3.63) is 36.7 Å². The Morgan fingerprint density at radius 2 is 1.95 bits per heavy atom. The fourth-order valence-electron chi connectivity index (χ4n) is 4.55. The molecule has 2 aromatic heterocycles. The number of aliphatic hydroxyl groups excluding tert-OH is 1. The lowest BCUT2D eigenvalue weighted by molar-refractivity contribution is -0.149. The van der Waals surface area contributed by atoms with Crippen molar-refractivity contribution in [1.82, 2.24) is 24.6 Å². The van der Waals surface area contributed by atoms with Crippen LogP contribution < -0.4 is 20.7 Å². The van der Waals surface area contributed by atoms with Crippen LogP contribution in [0, 0.1) is 0 Å². The van der Waals surface area contributed by atoms with E-state index in [0.717, 1.165) is 23.7 Å². The van der Waals surface area contributed by atoms with Crippen LogP contribution in [0.4, 0.5) is 24.9 Å². The van der Waals surface area contributed by atoms with E-state index >= 15 is 4.39 Å². The van der Waals surface area contributed by atoms with Gasteiger partial charge < -0.3 is 30.2 Å². The number of anilines is 2. The molecule has 1 aliphatic carbocycles. The molecule has 6 atom stereocenters. The van der Waals surface area contributed by atoms with E-state index in [2.05, 4.69) is 25.4 Å². The van der Waals surface area contributed by atoms with Gasteiger partial charge in [-0.1, -0.05) is 18.2 Å². The lowest BCUT2D eigenvalue weighted by Crippen LogP contribution is -2.49. The van der Waals surface area contributed by atoms with Gasteiger partial charge in [-0.15, -0.1) is 0 Å². The predicted octanol–water partition coefficient (Wildman–Crippen LogP) is 3.35. The summed E-state index contributed by atoms with van der Waals surface area (Å²) >= 11 is 0. The second-order valence-corrected chi connectivity index (χ2v) is 12.5. The molecule has 44 heavy (non-hydrogen) atoms. The van der Waals surface area contributed by atoms with E-state index in [0.29, 0.717) is 0 Å². The van der Waals surface area contributed by atoms with Crippen LogP contribution in [-0.2, 0) is 23.4 Å². The molecule has 0 amide bonds. The van der Waals surface area contributed by atoms with Crippen molar-refractivity contribution in [2.24, 2.45) is 0 Å². The Morgan fingerprint density at radius 3 is 2.59 bits per heavy atom. The molecule has 3 aromatic rings. The minimum atomic E-state index is -4.50. The molecule has 240 valence electrons. The minimum absolute atomic E-state index is 0.0729. The number of carbonyl (C=O) groups excluding carboxylic acids is 1. The summed E-state index contributed by atoms with van der Waals surface area (Å²) in [5.41, 5.74) is 2.17. The Kier molecular flexibility index (Phi) is 9.05. The van der Waals surface area contributed by atoms with Gasteiger partial charge in [0.05, 0.1) is 19.0 Å². The summed E-state index contributed by atoms with van der Waals surface area (Å²) in [6.07, 6.45) is -7.83. The van der Waals surface area contributed by atoms with Gasteiger partial charge in [0.2, 0.25) is 11.6 Å². The number of halogens is 3. The first-order valence-electron chi connectivity index (χ1n) is 13.9. The number of fused-ring (bicyclic) bond motifs is 1. The van der Waals surface area contributed by atoms with Crippen molar-refractivity contribution >= 4 is 36.6 Å². The molecule has 0 unspecified atom stereocenters. The number of esters is 1. The van der Waals surface area contributed by atoms with Crippen LogP contribution in [0.5, 0.6) is 5.75 Å². The molecule has 1 saturated carbocycles. The number of nitrogens with one attached hydrogen (secondary N) is 2. The van der Waals surface area contributed by atoms with Gasteiger partial charge in [-0.25, -0.2) is 22.7 Å². The fraction of sp³-hybridized carbons (Fsp3) is 0.538. The van der Waals surface area contributed by atoms with Gasteiger partial charge in [0, 0.05) is 6.04 Å². The van der Waals surface area contributed by atoms with Crippen molar-refractivity contribution in [2.45, 2.75) is 82.3 Å². The third kappa shape index (κ3) is 6.61. The molecule has 14 nitrogen and oxygen atoms in total. The number of ether oxygens (including phenoxy) is 2. The molecule has 1 saturated heterocycles. The summed E-state index contributed by atoms with van der Waals surface area (Å²) in [5, 5.41) is 16.4. The van der Waals surface area contributed by atoms with Crippen molar-refractivity contribution < 1.29 is 46.2 Å². The zero-order valence-corrected chi connectivity index (χ0v) is 24.9. The predicted molar refractivity (Wildman–Crippen MR) is 151 cm³/mol. The maximum Gasteiger partial charge on any atom is 0.459 e. The van der Waals surface area contributed by atoms with Crippen LogP contribution in [0.3, 0.4) is 0 Å². The Hall–Kier alpha value is -3.50. The smallest absolute Gasteiger partial charge is 0.459 e. The number of imidazole rings is 1. The Balaban J connectivity index is 1.41. The van der Waals surface area contributed by atoms with Crippen LogP contribution in [0.1, 0.15) is 39.8 Å². The van der Waals surface area contributed by atoms with E-state index < -0.39 is 63.0 Å². The van der Waals surface area contributed by atoms with Crippen LogP contribution in [-0.4, -0.2) is 79.7 Å². The molecule has 0 bridgehead atoms. The Morgan fingerprint density at radius 1 is 1.25 bits per heavy atom. The SMILES string of the molecule is CC(C)OC(=O)[C@H](C)N[P@](=O)(OC[C@H]1O[C@@H](n2cnc3c(NC4CC4)nc(N)nc32)[C@@](F)(C(F)F)[C@@H]1O)Oc1ccccc1. The lowest BCUT2D eigenvalue weighted by Gasteiger charge is -2.28. The number of benzene rings is 1. The van der Waals surface area contributed by atoms with Crippen LogP contribution in [0.2, 0.25) is 0 Å². The number of rotatable bonds is 13. The quantitative estimate of drug-likeness (QED) is 0.157. The average molecular weight is 644 g/mol. The topological polar surface area (TPSA) is 185 Å². The van der Waals surface area contributed by atoms with E-state index in [9.17, 15) is 23.2 Å². The van der Waals surface area contributed by atoms with E-state index in [1.54, 1.807) is 32.0 Å². The number of carbonyl (C=O) groups is 1. The van der Waals surface area contributed by atoms with Crippen LogP contribution >= 0.6 is 7.75 Å². The number of nitrogen functional groups attached to an aromatic ring is 1. The second-order valence-electron chi connectivity index (χ2n) is 10.8. The van der Waals surface area contributed by atoms with Gasteiger partial charge in [0.25, 0.3) is 6.43 Å². The molecule has 5 N–H and O–H groups in total. The van der Waals surface area contributed by atoms with Crippen LogP contribution in [0.15, 0.2) is 36.7 Å². The standard InChI is InChI=1S/C26H33F3N7O7P/c1-13(2)41-22(38)14(3)35-44(39,43-16-7-5-4-6-8-16)40-11-17-19(37)26(29,23(27)28)24(42-17)36-12-31-18-20(32-15-9-10-15)33-25(30)34-21(18)36/h4-8,12-15,17,19,23-24,37H,9-11H2,1-3H3,(H,35,39)(H3,30,32,33,34)/t14-,17+,19+,24+,26-,44-/m0/s1. The van der Waals surface area contributed by atoms with Crippen LogP contribution in [0.25, 0.3) is 11.2 Å². The van der Waals surface area contributed by atoms with Gasteiger partial charge in [-0.05, 0) is 45.7 Å². The molecule has 5 rings (SSSR count). The summed E-state index contributed by atoms with van der Waals surface area (Å²) in [4.78, 5) is 24.7. The number of aromatic nitrogens is 4. The summed E-state index contributed by atoms with van der Waals surface area (Å²) in [5.74, 6) is -0.688. The Labute approximate surface area is 250 Å². The molecule has 0 radical (unpaired) electrons. The second kappa shape index (κ2) is 12.5. The molecular formula is C26H33F3N7O7P. The number of hydrogen-bond acceptors (Lipinski definition) is 12. The summed E-state index contributed by atoms with van der Waals surface area (Å²) in [7, 11) is -4.50. The van der Waals surface area contributed by atoms with Crippen molar-refractivity contribution in [2.75, 3.05) is 17.7 Å². The number of para-hydroxylation sites is 1. The third-order valence-corrected chi connectivity index (χ3v) is 8.51. The number of aliphatic hydroxyl groups is 1. The largest absolute Gasteiger partial charge is 0.462 e. The van der Waals surface area contributed by atoms with E-state index in [1.807, 2.05) is 0 Å². The number of nitrogens with zero attached hydrogens (tertiary/aromatic N) is 4. The summed E-state index contributed by atoms with van der Waals surface area (Å²) < 4.78 is 81.3. The van der Waals surface area contributed by atoms with Crippen molar-refractivity contribution in [3.63, 3.8) is 0 Å². The normalized spacial score (nSPS) is 25.7. The molecule has 1 aromatic carbocycles. The highest BCUT2D eigenvalue weighted by molar-refractivity contribution is 7.52. The lowest BCUT2D eigenvalue weighted by atomic mass is 9.96. The fourth-order valence-corrected chi connectivity index (χ4v) is 6.06. The zero-order chi connectivity index (χ0) is 31.8. The Bertz CT molecular complexity index is 1530. The highest BCUT2D eigenvalue weighted by Gasteiger charge is 2.64. The van der Waals surface area contributed by atoms with Gasteiger partial charge in [0.15, 0.2) is 23.2 Å². The highest BCUT2D eigenvalue weighted by atomic mass is 31.2. The number of alkyl halides is 3. The third-order valence-electron chi connectivity index (χ3n) is 6.87. The van der Waals surface area contributed by atoms with Gasteiger partial charge >= 0.3 is 13.7 Å². The number of hydrogen-bond donors (Lipinski definition) is 4. The monoisotopic (exact) mass is 643 g/mol. The maximum atomic E-state index is 16.2. The molecule has 0 spiro atoms. The number of nitrogens with two attached hydrogens (primary N) is 1. The van der Waals surface area contributed by atoms with Crippen molar-refractivity contribution in [3.8, 4) is 5.75 Å². The van der Waals surface area contributed by atoms with Gasteiger partial charge in [-0.3, -0.25) is 13.9 Å². The summed E-state index contributed by atoms with van der Waals surface area (Å²) in [6.45, 7) is 3.70. The maximum absolute atomic E-state index is 16.2. The molecule has 2 aliphatic rings. The first kappa shape index (κ1) is 31.9. The first-order chi connectivity index (χ1) is 20.8. The molecule has 18 heteroatoms. The zero-order valence-electron chi connectivity index (χ0n) is 24.0. The van der Waals surface area contributed by atoms with Crippen molar-refractivity contribution in [1.29, 1.82) is 0 Å². The van der Waals surface area contributed by atoms with E-state index in [4.69, 9.17) is 24.3 Å². The minimum Gasteiger partial charge on any atom is -0.462 e. The molecule has 1 aliphatic heterocycles. The molecule has 2 fully saturated rings. The van der Waals surface area contributed by atoms with E-state index in [-0.39, 0.29) is 34.7 Å². The summed E-state index contributed by atoms with van der Waals surface area (Å²) in [6, 6.07) is 6.67. The average Bonchev–Trinajstić information content (AvgIpc) is 3.61. The van der Waals surface area contributed by atoms with Gasteiger partial charge in [0.1, 0.15) is 24.0 Å².